The van der Waals surface area contributed by atoms with Gasteiger partial charge in [-0.05, 0) is 42.5 Å². The monoisotopic (exact) mass is 480 g/mol. The van der Waals surface area contributed by atoms with Gasteiger partial charge >= 0.3 is 0 Å². The van der Waals surface area contributed by atoms with E-state index in [0.29, 0.717) is 22.7 Å². The quantitative estimate of drug-likeness (QED) is 0.344. The molecule has 0 saturated carbocycles. The van der Waals surface area contributed by atoms with Crippen LogP contribution in [0.5, 0.6) is 5.75 Å². The van der Waals surface area contributed by atoms with E-state index in [9.17, 15) is 18.0 Å². The van der Waals surface area contributed by atoms with Gasteiger partial charge in [-0.2, -0.15) is 5.10 Å². The third-order valence-corrected chi connectivity index (χ3v) is 5.94. The molecule has 0 bridgehead atoms. The number of fused-ring (bicyclic) bond motifs is 1. The Bertz CT molecular complexity index is 1530. The molecule has 2 aromatic heterocycles. The smallest absolute Gasteiger partial charge is 0.261 e. The summed E-state index contributed by atoms with van der Waals surface area (Å²) in [6, 6.07) is 14.5. The molecule has 1 amide bonds. The third-order valence-electron chi connectivity index (χ3n) is 5.03. The van der Waals surface area contributed by atoms with Crippen LogP contribution in [-0.2, 0) is 0 Å². The number of hydrogen-bond donors (Lipinski definition) is 1. The van der Waals surface area contributed by atoms with E-state index in [2.05, 4.69) is 15.4 Å². The first-order valence-corrected chi connectivity index (χ1v) is 10.8. The summed E-state index contributed by atoms with van der Waals surface area (Å²) in [5.41, 5.74) is 1.67. The van der Waals surface area contributed by atoms with Gasteiger partial charge in [0.15, 0.2) is 10.9 Å². The van der Waals surface area contributed by atoms with Crippen molar-refractivity contribution in [2.75, 3.05) is 12.4 Å². The molecule has 0 unspecified atom stereocenters. The molecule has 0 atom stereocenters. The van der Waals surface area contributed by atoms with E-state index in [4.69, 9.17) is 4.74 Å². The molecule has 10 heteroatoms. The maximum Gasteiger partial charge on any atom is 0.261 e. The lowest BCUT2D eigenvalue weighted by molar-refractivity contribution is 0.102. The van der Waals surface area contributed by atoms with E-state index < -0.39 is 23.4 Å². The SMILES string of the molecule is COc1cccc(-c2nn(-c3ccc(F)cc3)cc2C(=O)Nc2nc3c(F)cc(F)cc3s2)c1. The number of thiazole rings is 1. The number of ether oxygens (including phenoxy) is 1. The van der Waals surface area contributed by atoms with Gasteiger partial charge in [-0.3, -0.25) is 10.1 Å². The van der Waals surface area contributed by atoms with E-state index in [0.717, 1.165) is 23.5 Å². The minimum Gasteiger partial charge on any atom is -0.497 e. The number of anilines is 1. The molecule has 0 aliphatic rings. The summed E-state index contributed by atoms with van der Waals surface area (Å²) in [6.45, 7) is 0. The van der Waals surface area contributed by atoms with Gasteiger partial charge in [0.1, 0.15) is 28.6 Å². The van der Waals surface area contributed by atoms with Crippen molar-refractivity contribution in [3.63, 3.8) is 0 Å². The highest BCUT2D eigenvalue weighted by Gasteiger charge is 2.21. The molecular formula is C24H15F3N4O2S. The van der Waals surface area contributed by atoms with Crippen molar-refractivity contribution in [3.8, 4) is 22.7 Å². The highest BCUT2D eigenvalue weighted by Crippen LogP contribution is 2.31. The highest BCUT2D eigenvalue weighted by molar-refractivity contribution is 7.22. The van der Waals surface area contributed by atoms with Gasteiger partial charge in [0.05, 0.1) is 23.1 Å². The number of hydrogen-bond acceptors (Lipinski definition) is 5. The first-order chi connectivity index (χ1) is 16.4. The number of nitrogens with one attached hydrogen (secondary N) is 1. The van der Waals surface area contributed by atoms with E-state index in [1.54, 1.807) is 24.3 Å². The van der Waals surface area contributed by atoms with E-state index in [1.807, 2.05) is 0 Å². The lowest BCUT2D eigenvalue weighted by Gasteiger charge is -2.05. The Kier molecular flexibility index (Phi) is 5.50. The average molecular weight is 480 g/mol. The summed E-state index contributed by atoms with van der Waals surface area (Å²) >= 11 is 0.949. The van der Waals surface area contributed by atoms with Crippen LogP contribution in [0.3, 0.4) is 0 Å². The van der Waals surface area contributed by atoms with E-state index in [-0.39, 0.29) is 20.9 Å². The lowest BCUT2D eigenvalue weighted by Crippen LogP contribution is -2.12. The van der Waals surface area contributed by atoms with Crippen LogP contribution in [0.2, 0.25) is 0 Å². The standard InChI is InChI=1S/C24H15F3N4O2S/c1-33-17-4-2-3-13(9-17)21-18(12-31(30-21)16-7-5-14(25)6-8-16)23(32)29-24-28-22-19(27)10-15(26)11-20(22)34-24/h2-12H,1H3,(H,28,29,32). The summed E-state index contributed by atoms with van der Waals surface area (Å²) in [6.07, 6.45) is 1.50. The molecule has 2 heterocycles. The number of methoxy groups -OCH3 is 1. The molecule has 0 fully saturated rings. The summed E-state index contributed by atoms with van der Waals surface area (Å²) in [7, 11) is 1.53. The number of halogens is 3. The third kappa shape index (κ3) is 4.11. The molecule has 0 aliphatic heterocycles. The summed E-state index contributed by atoms with van der Waals surface area (Å²) in [4.78, 5) is 17.3. The Labute approximate surface area is 195 Å². The largest absolute Gasteiger partial charge is 0.497 e. The number of rotatable bonds is 5. The topological polar surface area (TPSA) is 69.0 Å². The van der Waals surface area contributed by atoms with E-state index >= 15 is 0 Å². The second-order valence-corrected chi connectivity index (χ2v) is 8.28. The molecular weight excluding hydrogens is 465 g/mol. The van der Waals surface area contributed by atoms with Gasteiger partial charge in [0, 0.05) is 17.8 Å². The van der Waals surface area contributed by atoms with Crippen molar-refractivity contribution in [2.24, 2.45) is 0 Å². The number of amides is 1. The molecule has 1 N–H and O–H groups in total. The van der Waals surface area contributed by atoms with Gasteiger partial charge in [-0.1, -0.05) is 23.5 Å². The Balaban J connectivity index is 1.56. The number of benzene rings is 3. The van der Waals surface area contributed by atoms with Crippen LogP contribution in [-0.4, -0.2) is 27.8 Å². The molecule has 170 valence electrons. The maximum atomic E-state index is 14.0. The molecule has 0 spiro atoms. The van der Waals surface area contributed by atoms with Crippen LogP contribution in [0.15, 0.2) is 66.9 Å². The molecule has 6 nitrogen and oxygen atoms in total. The molecule has 34 heavy (non-hydrogen) atoms. The zero-order valence-electron chi connectivity index (χ0n) is 17.6. The molecule has 5 aromatic rings. The lowest BCUT2D eigenvalue weighted by atomic mass is 10.1. The Morgan fingerprint density at radius 2 is 1.82 bits per heavy atom. The van der Waals surface area contributed by atoms with E-state index in [1.165, 1.54) is 42.3 Å². The predicted molar refractivity (Wildman–Crippen MR) is 123 cm³/mol. The van der Waals surface area contributed by atoms with Gasteiger partial charge in [-0.15, -0.1) is 0 Å². The zero-order valence-corrected chi connectivity index (χ0v) is 18.4. The second-order valence-electron chi connectivity index (χ2n) is 7.25. The van der Waals surface area contributed by atoms with Crippen LogP contribution >= 0.6 is 11.3 Å². The minimum absolute atomic E-state index is 0.0308. The van der Waals surface area contributed by atoms with Crippen molar-refractivity contribution in [1.29, 1.82) is 0 Å². The van der Waals surface area contributed by atoms with Crippen LogP contribution in [0.1, 0.15) is 10.4 Å². The van der Waals surface area contributed by atoms with Crippen molar-refractivity contribution in [3.05, 3.63) is 89.9 Å². The maximum absolute atomic E-state index is 14.0. The predicted octanol–water partition coefficient (Wildman–Crippen LogP) is 5.83. The Morgan fingerprint density at radius 1 is 1.03 bits per heavy atom. The average Bonchev–Trinajstić information content (AvgIpc) is 3.44. The fourth-order valence-corrected chi connectivity index (χ4v) is 4.33. The fraction of sp³-hybridized carbons (Fsp3) is 0.0417. The Hall–Kier alpha value is -4.18. The molecule has 5 rings (SSSR count). The van der Waals surface area contributed by atoms with Crippen molar-refractivity contribution >= 4 is 32.6 Å². The van der Waals surface area contributed by atoms with Gasteiger partial charge < -0.3 is 4.74 Å². The van der Waals surface area contributed by atoms with Gasteiger partial charge in [0.25, 0.3) is 5.91 Å². The minimum atomic E-state index is -0.812. The van der Waals surface area contributed by atoms with Gasteiger partial charge in [-0.25, -0.2) is 22.8 Å². The van der Waals surface area contributed by atoms with Gasteiger partial charge in [0.2, 0.25) is 0 Å². The number of carbonyl (C=O) groups excluding carboxylic acids is 1. The number of nitrogens with zero attached hydrogens (tertiary/aromatic N) is 3. The van der Waals surface area contributed by atoms with Crippen molar-refractivity contribution < 1.29 is 22.7 Å². The zero-order chi connectivity index (χ0) is 23.8. The van der Waals surface area contributed by atoms with Crippen LogP contribution in [0.4, 0.5) is 18.3 Å². The molecule has 0 saturated heterocycles. The van der Waals surface area contributed by atoms with Crippen LogP contribution in [0, 0.1) is 17.5 Å². The molecule has 3 aromatic carbocycles. The molecule has 0 radical (unpaired) electrons. The fourth-order valence-electron chi connectivity index (χ4n) is 3.42. The van der Waals surface area contributed by atoms with Crippen LogP contribution in [0.25, 0.3) is 27.2 Å². The summed E-state index contributed by atoms with van der Waals surface area (Å²) < 4.78 is 48.0. The first-order valence-electron chi connectivity index (χ1n) is 9.98. The second kappa shape index (κ2) is 8.64. The number of aromatic nitrogens is 3. The summed E-state index contributed by atoms with van der Waals surface area (Å²) in [5.74, 6) is -1.92. The normalized spacial score (nSPS) is 11.1. The highest BCUT2D eigenvalue weighted by atomic mass is 32.1. The summed E-state index contributed by atoms with van der Waals surface area (Å²) in [5, 5.41) is 7.29. The van der Waals surface area contributed by atoms with Crippen molar-refractivity contribution in [2.45, 2.75) is 0 Å². The molecule has 0 aliphatic carbocycles. The number of carbonyl (C=O) groups is 1. The first kappa shape index (κ1) is 21.7. The van der Waals surface area contributed by atoms with Crippen LogP contribution < -0.4 is 10.1 Å². The van der Waals surface area contributed by atoms with Crippen molar-refractivity contribution in [1.82, 2.24) is 14.8 Å². The Morgan fingerprint density at radius 3 is 2.59 bits per heavy atom.